The van der Waals surface area contributed by atoms with E-state index in [1.54, 1.807) is 23.4 Å². The minimum atomic E-state index is -0.203. The smallest absolute Gasteiger partial charge is 0.322 e. The molecule has 0 saturated heterocycles. The molecule has 0 radical (unpaired) electrons. The molecule has 2 N–H and O–H groups in total. The Balaban J connectivity index is 1.50. The highest BCUT2D eigenvalue weighted by Crippen LogP contribution is 2.35. The minimum absolute atomic E-state index is 0.185. The van der Waals surface area contributed by atoms with E-state index in [0.29, 0.717) is 18.1 Å². The molecule has 0 bridgehead atoms. The number of fused-ring (bicyclic) bond motifs is 2. The van der Waals surface area contributed by atoms with Gasteiger partial charge in [0.1, 0.15) is 5.69 Å². The minimum Gasteiger partial charge on any atom is -0.467 e. The molecule has 0 spiro atoms. The van der Waals surface area contributed by atoms with Gasteiger partial charge in [-0.2, -0.15) is 10.4 Å². The number of carbonyl (C=O) groups is 1. The van der Waals surface area contributed by atoms with Crippen LogP contribution in [0, 0.1) is 11.3 Å². The first-order chi connectivity index (χ1) is 15.6. The molecule has 9 nitrogen and oxygen atoms in total. The molecule has 1 aliphatic heterocycles. The van der Waals surface area contributed by atoms with Gasteiger partial charge in [-0.15, -0.1) is 0 Å². The molecular formula is C23H19N7O2. The lowest BCUT2D eigenvalue weighted by Crippen LogP contribution is -2.40. The first kappa shape index (κ1) is 19.5. The van der Waals surface area contributed by atoms with Crippen LogP contribution in [0.1, 0.15) is 29.7 Å². The molecule has 3 heterocycles. The second-order valence-electron chi connectivity index (χ2n) is 7.56. The molecule has 5 rings (SSSR count). The summed E-state index contributed by atoms with van der Waals surface area (Å²) in [6.07, 6.45) is 3.33. The van der Waals surface area contributed by atoms with Crippen molar-refractivity contribution in [2.75, 3.05) is 12.4 Å². The Bertz CT molecular complexity index is 1370. The second kappa shape index (κ2) is 7.67. The van der Waals surface area contributed by atoms with E-state index in [4.69, 9.17) is 4.74 Å². The van der Waals surface area contributed by atoms with Crippen molar-refractivity contribution >= 4 is 22.6 Å². The molecule has 2 aromatic heterocycles. The highest BCUT2D eigenvalue weighted by molar-refractivity contribution is 6.00. The Morgan fingerprint density at radius 1 is 1.22 bits per heavy atom. The number of nitrogens with zero attached hydrogens (tertiary/aromatic N) is 5. The van der Waals surface area contributed by atoms with Crippen LogP contribution in [0.15, 0.2) is 48.8 Å². The van der Waals surface area contributed by atoms with Gasteiger partial charge in [-0.25, -0.2) is 14.8 Å². The number of nitriles is 1. The summed E-state index contributed by atoms with van der Waals surface area (Å²) in [5.74, 6) is 0. The van der Waals surface area contributed by atoms with Gasteiger partial charge in [-0.05, 0) is 42.3 Å². The van der Waals surface area contributed by atoms with Gasteiger partial charge in [-0.3, -0.25) is 5.10 Å². The average Bonchev–Trinajstić information content (AvgIpc) is 3.24. The van der Waals surface area contributed by atoms with Crippen LogP contribution in [0.25, 0.3) is 22.2 Å². The van der Waals surface area contributed by atoms with Crippen molar-refractivity contribution in [2.45, 2.75) is 19.5 Å². The summed E-state index contributed by atoms with van der Waals surface area (Å²) in [6, 6.07) is 13.3. The second-order valence-corrected chi connectivity index (χ2v) is 7.56. The zero-order chi connectivity index (χ0) is 22.2. The topological polar surface area (TPSA) is 120 Å². The van der Waals surface area contributed by atoms with Crippen LogP contribution in [-0.2, 0) is 6.54 Å². The highest BCUT2D eigenvalue weighted by Gasteiger charge is 2.28. The summed E-state index contributed by atoms with van der Waals surface area (Å²) in [4.78, 5) is 22.9. The van der Waals surface area contributed by atoms with Gasteiger partial charge in [0, 0.05) is 29.0 Å². The maximum atomic E-state index is 12.8. The SMILES string of the molecule is COc1ncc(-c2n[nH]c3cc4c(cc23)CN([C@H](C)c2cccc(C#N)c2)C(=O)N4)cn1. The zero-order valence-electron chi connectivity index (χ0n) is 17.5. The van der Waals surface area contributed by atoms with Crippen molar-refractivity contribution in [3.05, 3.63) is 65.5 Å². The van der Waals surface area contributed by atoms with Crippen LogP contribution >= 0.6 is 0 Å². The number of hydrogen-bond acceptors (Lipinski definition) is 6. The number of hydrogen-bond donors (Lipinski definition) is 2. The number of anilines is 1. The van der Waals surface area contributed by atoms with Crippen molar-refractivity contribution in [3.8, 4) is 23.3 Å². The fourth-order valence-electron chi connectivity index (χ4n) is 3.92. The van der Waals surface area contributed by atoms with E-state index in [0.717, 1.165) is 39.0 Å². The third kappa shape index (κ3) is 3.28. The zero-order valence-corrected chi connectivity index (χ0v) is 17.5. The Morgan fingerprint density at radius 3 is 2.78 bits per heavy atom. The number of aromatic amines is 1. The van der Waals surface area contributed by atoms with E-state index in [-0.39, 0.29) is 12.1 Å². The molecule has 2 amide bonds. The highest BCUT2D eigenvalue weighted by atomic mass is 16.5. The van der Waals surface area contributed by atoms with E-state index in [9.17, 15) is 10.1 Å². The summed E-state index contributed by atoms with van der Waals surface area (Å²) in [5, 5.41) is 20.5. The van der Waals surface area contributed by atoms with Crippen LogP contribution in [0.4, 0.5) is 10.5 Å². The van der Waals surface area contributed by atoms with Crippen LogP contribution in [0.2, 0.25) is 0 Å². The van der Waals surface area contributed by atoms with E-state index in [1.807, 2.05) is 37.3 Å². The molecular weight excluding hydrogens is 406 g/mol. The number of aromatic nitrogens is 4. The first-order valence-corrected chi connectivity index (χ1v) is 10.0. The van der Waals surface area contributed by atoms with Crippen LogP contribution in [0.3, 0.4) is 0 Å². The van der Waals surface area contributed by atoms with Crippen molar-refractivity contribution in [3.63, 3.8) is 0 Å². The summed E-state index contributed by atoms with van der Waals surface area (Å²) < 4.78 is 5.03. The third-order valence-electron chi connectivity index (χ3n) is 5.68. The maximum Gasteiger partial charge on any atom is 0.322 e. The number of benzene rings is 2. The molecule has 0 saturated carbocycles. The molecule has 0 fully saturated rings. The molecule has 32 heavy (non-hydrogen) atoms. The van der Waals surface area contributed by atoms with Gasteiger partial charge in [0.2, 0.25) is 0 Å². The predicted molar refractivity (Wildman–Crippen MR) is 118 cm³/mol. The number of rotatable bonds is 4. The van der Waals surface area contributed by atoms with Crippen LogP contribution in [0.5, 0.6) is 6.01 Å². The van der Waals surface area contributed by atoms with Crippen molar-refractivity contribution in [1.82, 2.24) is 25.1 Å². The van der Waals surface area contributed by atoms with Gasteiger partial charge in [-0.1, -0.05) is 12.1 Å². The third-order valence-corrected chi connectivity index (χ3v) is 5.68. The fraction of sp³-hybridized carbons (Fsp3) is 0.174. The molecule has 9 heteroatoms. The van der Waals surface area contributed by atoms with Gasteiger partial charge < -0.3 is 15.0 Å². The van der Waals surface area contributed by atoms with Gasteiger partial charge >= 0.3 is 12.0 Å². The summed E-state index contributed by atoms with van der Waals surface area (Å²) >= 11 is 0. The van der Waals surface area contributed by atoms with Gasteiger partial charge in [0.15, 0.2) is 0 Å². The molecule has 158 valence electrons. The van der Waals surface area contributed by atoms with Crippen molar-refractivity contribution in [1.29, 1.82) is 5.26 Å². The van der Waals surface area contributed by atoms with Crippen LogP contribution in [-0.4, -0.2) is 38.2 Å². The first-order valence-electron chi connectivity index (χ1n) is 10.0. The van der Waals surface area contributed by atoms with Gasteiger partial charge in [0.05, 0.1) is 36.8 Å². The summed E-state index contributed by atoms with van der Waals surface area (Å²) in [6.45, 7) is 2.39. The summed E-state index contributed by atoms with van der Waals surface area (Å²) in [7, 11) is 1.52. The molecule has 0 aliphatic carbocycles. The normalized spacial score (nSPS) is 13.9. The Hall–Kier alpha value is -4.45. The van der Waals surface area contributed by atoms with Gasteiger partial charge in [0.25, 0.3) is 0 Å². The number of methoxy groups -OCH3 is 1. The summed E-state index contributed by atoms with van der Waals surface area (Å²) in [5.41, 5.74) is 5.48. The fourth-order valence-corrected chi connectivity index (χ4v) is 3.92. The molecule has 1 atom stereocenters. The Morgan fingerprint density at radius 2 is 2.03 bits per heavy atom. The van der Waals surface area contributed by atoms with E-state index in [2.05, 4.69) is 31.6 Å². The lowest BCUT2D eigenvalue weighted by molar-refractivity contribution is 0.186. The maximum absolute atomic E-state index is 12.8. The van der Waals surface area contributed by atoms with E-state index in [1.165, 1.54) is 7.11 Å². The number of nitrogens with one attached hydrogen (secondary N) is 2. The number of carbonyl (C=O) groups excluding carboxylic acids is 1. The number of amides is 2. The number of H-pyrrole nitrogens is 1. The van der Waals surface area contributed by atoms with Crippen molar-refractivity contribution < 1.29 is 9.53 Å². The van der Waals surface area contributed by atoms with Crippen LogP contribution < -0.4 is 10.1 Å². The Kier molecular flexibility index (Phi) is 4.67. The number of ether oxygens (including phenoxy) is 1. The molecule has 2 aromatic carbocycles. The lowest BCUT2D eigenvalue weighted by atomic mass is 10.0. The van der Waals surface area contributed by atoms with E-state index < -0.39 is 0 Å². The van der Waals surface area contributed by atoms with Crippen molar-refractivity contribution in [2.24, 2.45) is 0 Å². The largest absolute Gasteiger partial charge is 0.467 e. The molecule has 4 aromatic rings. The average molecular weight is 425 g/mol. The predicted octanol–water partition coefficient (Wildman–Crippen LogP) is 4.01. The lowest BCUT2D eigenvalue weighted by Gasteiger charge is -2.34. The quantitative estimate of drug-likeness (QED) is 0.510. The number of urea groups is 1. The molecule has 0 unspecified atom stereocenters. The standard InChI is InChI=1S/C23H19N7O2/c1-13(15-5-3-4-14(6-15)9-24)30-12-16-7-18-20(8-19(16)27-23(30)31)28-29-21(18)17-10-25-22(32-2)26-11-17/h3-8,10-11,13H,12H2,1-2H3,(H,27,31)(H,28,29)/t13-/m1/s1. The molecule has 1 aliphatic rings. The Labute approximate surface area is 183 Å². The van der Waals surface area contributed by atoms with E-state index >= 15 is 0 Å². The monoisotopic (exact) mass is 425 g/mol.